The molecule has 1 rings (SSSR count). The number of carbonyl (C=O) groups excluding carboxylic acids is 1. The molecular weight excluding hydrogens is 212 g/mol. The molecule has 0 unspecified atom stereocenters. The molecule has 0 amide bonds. The van der Waals surface area contributed by atoms with Gasteiger partial charge in [0.05, 0.1) is 17.1 Å². The Hall–Kier alpha value is -2.11. The first-order valence-corrected chi connectivity index (χ1v) is 4.72. The van der Waals surface area contributed by atoms with E-state index in [0.717, 1.165) is 0 Å². The Kier molecular flexibility index (Phi) is 3.82. The number of carbonyl (C=O) groups is 1. The van der Waals surface area contributed by atoms with Crippen LogP contribution in [0.2, 0.25) is 0 Å². The summed E-state index contributed by atoms with van der Waals surface area (Å²) in [7, 11) is 1.62. The van der Waals surface area contributed by atoms with Gasteiger partial charge in [0.25, 0.3) is 5.69 Å². The maximum atomic E-state index is 11.4. The van der Waals surface area contributed by atoms with Crippen molar-refractivity contribution in [1.29, 1.82) is 0 Å². The second-order valence-electron chi connectivity index (χ2n) is 3.00. The van der Waals surface area contributed by atoms with Gasteiger partial charge in [0, 0.05) is 24.9 Å². The van der Waals surface area contributed by atoms with E-state index in [-0.39, 0.29) is 17.9 Å². The predicted octanol–water partition coefficient (Wildman–Crippen LogP) is 1.81. The molecule has 0 fully saturated rings. The number of nitrogens with one attached hydrogen (secondary N) is 1. The van der Waals surface area contributed by atoms with Crippen LogP contribution in [0.4, 0.5) is 11.4 Å². The van der Waals surface area contributed by atoms with Crippen molar-refractivity contribution in [1.82, 2.24) is 0 Å². The van der Waals surface area contributed by atoms with E-state index in [1.165, 1.54) is 18.2 Å². The second-order valence-corrected chi connectivity index (χ2v) is 3.00. The summed E-state index contributed by atoms with van der Waals surface area (Å²) in [6.45, 7) is 1.91. The summed E-state index contributed by atoms with van der Waals surface area (Å²) < 4.78 is 4.77. The highest BCUT2D eigenvalue weighted by atomic mass is 16.6. The zero-order valence-electron chi connectivity index (χ0n) is 9.02. The van der Waals surface area contributed by atoms with Crippen LogP contribution in [-0.4, -0.2) is 24.5 Å². The summed E-state index contributed by atoms with van der Waals surface area (Å²) in [5.41, 5.74) is 0.521. The average Bonchev–Trinajstić information content (AvgIpc) is 2.28. The van der Waals surface area contributed by atoms with Crippen molar-refractivity contribution < 1.29 is 14.5 Å². The lowest BCUT2D eigenvalue weighted by molar-refractivity contribution is -0.384. The maximum Gasteiger partial charge on any atom is 0.338 e. The van der Waals surface area contributed by atoms with Crippen LogP contribution in [0.1, 0.15) is 17.3 Å². The van der Waals surface area contributed by atoms with E-state index in [1.54, 1.807) is 14.0 Å². The Balaban J connectivity index is 3.13. The molecule has 0 atom stereocenters. The molecule has 0 aliphatic rings. The molecule has 86 valence electrons. The molecule has 0 saturated carbocycles. The van der Waals surface area contributed by atoms with Crippen molar-refractivity contribution in [2.45, 2.75) is 6.92 Å². The van der Waals surface area contributed by atoms with Crippen LogP contribution in [-0.2, 0) is 4.74 Å². The Labute approximate surface area is 92.4 Å². The summed E-state index contributed by atoms with van der Waals surface area (Å²) in [5, 5.41) is 13.4. The number of nitro groups is 1. The van der Waals surface area contributed by atoms with Gasteiger partial charge in [-0.25, -0.2) is 4.79 Å². The van der Waals surface area contributed by atoms with Crippen molar-refractivity contribution >= 4 is 17.3 Å². The van der Waals surface area contributed by atoms with Crippen LogP contribution in [0.3, 0.4) is 0 Å². The van der Waals surface area contributed by atoms with E-state index in [1.807, 2.05) is 0 Å². The molecular formula is C10H12N2O4. The molecule has 0 aromatic heterocycles. The molecule has 6 nitrogen and oxygen atoms in total. The van der Waals surface area contributed by atoms with E-state index in [4.69, 9.17) is 4.74 Å². The summed E-state index contributed by atoms with van der Waals surface area (Å²) >= 11 is 0. The molecule has 0 bridgehead atoms. The number of rotatable bonds is 4. The summed E-state index contributed by atoms with van der Waals surface area (Å²) in [5.74, 6) is -0.567. The van der Waals surface area contributed by atoms with Crippen LogP contribution in [0.25, 0.3) is 0 Å². The zero-order chi connectivity index (χ0) is 12.1. The van der Waals surface area contributed by atoms with Crippen LogP contribution in [0.5, 0.6) is 0 Å². The number of nitrogens with zero attached hydrogens (tertiary/aromatic N) is 1. The fraction of sp³-hybridized carbons (Fsp3) is 0.300. The molecule has 1 aromatic rings. The lowest BCUT2D eigenvalue weighted by Gasteiger charge is -2.05. The summed E-state index contributed by atoms with van der Waals surface area (Å²) in [4.78, 5) is 21.5. The number of benzene rings is 1. The number of anilines is 1. The third-order valence-corrected chi connectivity index (χ3v) is 1.93. The standard InChI is InChI=1S/C10H12N2O4/c1-3-16-10(13)7-4-8(11-2)6-9(5-7)12(14)15/h4-6,11H,3H2,1-2H3. The molecule has 0 radical (unpaired) electrons. The lowest BCUT2D eigenvalue weighted by Crippen LogP contribution is -2.06. The number of esters is 1. The SMILES string of the molecule is CCOC(=O)c1cc(NC)cc([N+](=O)[O-])c1. The Morgan fingerprint density at radius 3 is 2.69 bits per heavy atom. The number of hydrogen-bond donors (Lipinski definition) is 1. The van der Waals surface area contributed by atoms with Crippen LogP contribution in [0, 0.1) is 10.1 Å². The van der Waals surface area contributed by atoms with Crippen LogP contribution >= 0.6 is 0 Å². The number of hydrogen-bond acceptors (Lipinski definition) is 5. The van der Waals surface area contributed by atoms with E-state index < -0.39 is 10.9 Å². The Morgan fingerprint density at radius 2 is 2.19 bits per heavy atom. The highest BCUT2D eigenvalue weighted by Crippen LogP contribution is 2.21. The molecule has 16 heavy (non-hydrogen) atoms. The second kappa shape index (κ2) is 5.11. The fourth-order valence-electron chi connectivity index (χ4n) is 1.19. The monoisotopic (exact) mass is 224 g/mol. The zero-order valence-corrected chi connectivity index (χ0v) is 9.02. The molecule has 0 heterocycles. The summed E-state index contributed by atoms with van der Waals surface area (Å²) in [6, 6.07) is 4.05. The lowest BCUT2D eigenvalue weighted by atomic mass is 10.1. The Bertz CT molecular complexity index is 417. The highest BCUT2D eigenvalue weighted by Gasteiger charge is 2.14. The van der Waals surface area contributed by atoms with Crippen LogP contribution in [0.15, 0.2) is 18.2 Å². The molecule has 1 aromatic carbocycles. The largest absolute Gasteiger partial charge is 0.462 e. The number of nitro benzene ring substituents is 1. The minimum atomic E-state index is -0.567. The third kappa shape index (κ3) is 2.69. The van der Waals surface area contributed by atoms with E-state index in [9.17, 15) is 14.9 Å². The van der Waals surface area contributed by atoms with Gasteiger partial charge in [-0.2, -0.15) is 0 Å². The van der Waals surface area contributed by atoms with Crippen molar-refractivity contribution in [2.24, 2.45) is 0 Å². The third-order valence-electron chi connectivity index (χ3n) is 1.93. The van der Waals surface area contributed by atoms with Gasteiger partial charge < -0.3 is 10.1 Å². The minimum absolute atomic E-state index is 0.144. The van der Waals surface area contributed by atoms with E-state index in [2.05, 4.69) is 5.32 Å². The number of non-ortho nitro benzene ring substituents is 1. The molecule has 0 aliphatic carbocycles. The first-order valence-electron chi connectivity index (χ1n) is 4.72. The molecule has 0 spiro atoms. The van der Waals surface area contributed by atoms with Gasteiger partial charge in [0.2, 0.25) is 0 Å². The molecule has 0 aliphatic heterocycles. The van der Waals surface area contributed by atoms with Crippen molar-refractivity contribution in [3.8, 4) is 0 Å². The maximum absolute atomic E-state index is 11.4. The predicted molar refractivity (Wildman–Crippen MR) is 58.6 cm³/mol. The normalized spacial score (nSPS) is 9.62. The first-order chi connectivity index (χ1) is 7.58. The Morgan fingerprint density at radius 1 is 1.50 bits per heavy atom. The van der Waals surface area contributed by atoms with Gasteiger partial charge in [-0.05, 0) is 13.0 Å². The first kappa shape index (κ1) is 12.0. The quantitative estimate of drug-likeness (QED) is 0.479. The van der Waals surface area contributed by atoms with Gasteiger partial charge in [-0.1, -0.05) is 0 Å². The van der Waals surface area contributed by atoms with Gasteiger partial charge in [0.1, 0.15) is 0 Å². The van der Waals surface area contributed by atoms with Crippen molar-refractivity contribution in [3.05, 3.63) is 33.9 Å². The molecule has 6 heteroatoms. The van der Waals surface area contributed by atoms with E-state index in [0.29, 0.717) is 5.69 Å². The molecule has 0 saturated heterocycles. The average molecular weight is 224 g/mol. The topological polar surface area (TPSA) is 81.5 Å². The van der Waals surface area contributed by atoms with Gasteiger partial charge in [-0.15, -0.1) is 0 Å². The van der Waals surface area contributed by atoms with E-state index >= 15 is 0 Å². The van der Waals surface area contributed by atoms with Crippen molar-refractivity contribution in [2.75, 3.05) is 19.0 Å². The van der Waals surface area contributed by atoms with Gasteiger partial charge in [0.15, 0.2) is 0 Å². The molecule has 1 N–H and O–H groups in total. The fourth-order valence-corrected chi connectivity index (χ4v) is 1.19. The minimum Gasteiger partial charge on any atom is -0.462 e. The highest BCUT2D eigenvalue weighted by molar-refractivity contribution is 5.91. The summed E-state index contributed by atoms with van der Waals surface area (Å²) in [6.07, 6.45) is 0. The van der Waals surface area contributed by atoms with Crippen LogP contribution < -0.4 is 5.32 Å². The van der Waals surface area contributed by atoms with Crippen molar-refractivity contribution in [3.63, 3.8) is 0 Å². The van der Waals surface area contributed by atoms with Gasteiger partial charge >= 0.3 is 5.97 Å². The number of ether oxygens (including phenoxy) is 1. The smallest absolute Gasteiger partial charge is 0.338 e. The van der Waals surface area contributed by atoms with Gasteiger partial charge in [-0.3, -0.25) is 10.1 Å².